The van der Waals surface area contributed by atoms with Crippen LogP contribution >= 0.6 is 56.5 Å². The Bertz CT molecular complexity index is 711. The molecule has 0 spiro atoms. The van der Waals surface area contributed by atoms with Crippen molar-refractivity contribution in [3.63, 3.8) is 0 Å². The minimum Gasteiger partial charge on any atom is -0.484 e. The molecule has 0 amide bonds. The van der Waals surface area contributed by atoms with Gasteiger partial charge in [0.05, 0.1) is 18.5 Å². The van der Waals surface area contributed by atoms with E-state index < -0.39 is 15.4 Å². The van der Waals surface area contributed by atoms with Gasteiger partial charge in [0.25, 0.3) is 10.1 Å². The fraction of sp³-hybridized carbons (Fsp3) is 0.750. The van der Waals surface area contributed by atoms with Crippen LogP contribution in [-0.4, -0.2) is 46.2 Å². The van der Waals surface area contributed by atoms with Gasteiger partial charge in [0.2, 0.25) is 0 Å². The number of rotatable bonds is 8. The summed E-state index contributed by atoms with van der Waals surface area (Å²) < 4.78 is 48.8. The molecule has 1 aliphatic heterocycles. The maximum atomic E-state index is 12.1. The van der Waals surface area contributed by atoms with Crippen LogP contribution in [0.1, 0.15) is 34.1 Å². The van der Waals surface area contributed by atoms with Crippen molar-refractivity contribution in [1.82, 2.24) is 0 Å². The number of halogens is 2. The van der Waals surface area contributed by atoms with E-state index in [0.29, 0.717) is 26.2 Å². The van der Waals surface area contributed by atoms with Gasteiger partial charge in [-0.05, 0) is 63.9 Å². The van der Waals surface area contributed by atoms with Crippen molar-refractivity contribution in [3.05, 3.63) is 5.77 Å². The largest absolute Gasteiger partial charge is 0.484 e. The highest BCUT2D eigenvalue weighted by molar-refractivity contribution is 14.1. The van der Waals surface area contributed by atoms with E-state index in [4.69, 9.17) is 18.4 Å². The average Bonchev–Trinajstić information content (AvgIpc) is 2.83. The third kappa shape index (κ3) is 6.61. The summed E-state index contributed by atoms with van der Waals surface area (Å²) in [6.07, 6.45) is 0.185. The molecule has 1 aromatic rings. The third-order valence-electron chi connectivity index (χ3n) is 3.56. The molecule has 6 nitrogen and oxygen atoms in total. The van der Waals surface area contributed by atoms with Gasteiger partial charge in [-0.15, -0.1) is 11.3 Å². The van der Waals surface area contributed by atoms with E-state index in [-0.39, 0.29) is 18.1 Å². The molecule has 0 bridgehead atoms. The number of hydrogen-bond donors (Lipinski definition) is 0. The highest BCUT2D eigenvalue weighted by Gasteiger charge is 2.28. The third-order valence-corrected chi connectivity index (χ3v) is 8.26. The van der Waals surface area contributed by atoms with E-state index in [9.17, 15) is 8.42 Å². The molecule has 1 aromatic heterocycles. The molecule has 2 unspecified atom stereocenters. The van der Waals surface area contributed by atoms with Crippen LogP contribution in [0.25, 0.3) is 0 Å². The lowest BCUT2D eigenvalue weighted by Gasteiger charge is -2.25. The molecule has 0 fully saturated rings. The van der Waals surface area contributed by atoms with Gasteiger partial charge in [0.1, 0.15) is 12.4 Å². The van der Waals surface area contributed by atoms with Crippen molar-refractivity contribution >= 4 is 66.6 Å². The van der Waals surface area contributed by atoms with Crippen molar-refractivity contribution in [2.75, 3.05) is 26.4 Å². The summed E-state index contributed by atoms with van der Waals surface area (Å²) in [5.41, 5.74) is -0.197. The Morgan fingerprint density at radius 1 is 1.27 bits per heavy atom. The zero-order chi connectivity index (χ0) is 19.5. The SMILES string of the molecule is CC(CCOCC1COc2c(I)sc(I)c2O1)S(=O)(=O)OCC(C)(C)C. The first-order valence-corrected chi connectivity index (χ1v) is 12.7. The first kappa shape index (κ1) is 22.9. The van der Waals surface area contributed by atoms with Gasteiger partial charge >= 0.3 is 0 Å². The van der Waals surface area contributed by atoms with Crippen LogP contribution < -0.4 is 9.47 Å². The van der Waals surface area contributed by atoms with Gasteiger partial charge in [0, 0.05) is 6.61 Å². The summed E-state index contributed by atoms with van der Waals surface area (Å²) >= 11 is 6.11. The molecule has 2 atom stereocenters. The van der Waals surface area contributed by atoms with E-state index in [2.05, 4.69) is 45.2 Å². The van der Waals surface area contributed by atoms with E-state index in [1.165, 1.54) is 0 Å². The van der Waals surface area contributed by atoms with Crippen molar-refractivity contribution in [3.8, 4) is 11.5 Å². The summed E-state index contributed by atoms with van der Waals surface area (Å²) in [5, 5.41) is -0.612. The fourth-order valence-corrected chi connectivity index (χ4v) is 7.14. The molecular weight excluding hydrogens is 606 g/mol. The Kier molecular flexibility index (Phi) is 8.30. The Morgan fingerprint density at radius 3 is 2.58 bits per heavy atom. The van der Waals surface area contributed by atoms with Crippen LogP contribution in [0.15, 0.2) is 0 Å². The predicted octanol–water partition coefficient (Wildman–Crippen LogP) is 4.28. The predicted molar refractivity (Wildman–Crippen MR) is 119 cm³/mol. The Hall–Kier alpha value is 0.630. The summed E-state index contributed by atoms with van der Waals surface area (Å²) in [7, 11) is -3.58. The van der Waals surface area contributed by atoms with Crippen LogP contribution in [0.2, 0.25) is 0 Å². The number of thiophene rings is 1. The maximum Gasteiger partial charge on any atom is 0.270 e. The molecule has 0 aliphatic carbocycles. The standard InChI is InChI=1S/C16H24I2O6S2/c1-10(26(19,20)23-9-16(2,3)4)5-6-21-7-11-8-22-12-13(24-11)15(18)25-14(12)17/h10-11H,5-9H2,1-4H3. The number of hydrogen-bond acceptors (Lipinski definition) is 7. The van der Waals surface area contributed by atoms with E-state index >= 15 is 0 Å². The topological polar surface area (TPSA) is 71.1 Å². The minimum absolute atomic E-state index is 0.175. The van der Waals surface area contributed by atoms with E-state index in [1.54, 1.807) is 18.3 Å². The summed E-state index contributed by atoms with van der Waals surface area (Å²) in [5.74, 6) is 1.60. The smallest absolute Gasteiger partial charge is 0.270 e. The fourth-order valence-electron chi connectivity index (χ4n) is 2.01. The molecule has 0 saturated heterocycles. The van der Waals surface area contributed by atoms with Gasteiger partial charge in [-0.1, -0.05) is 20.8 Å². The van der Waals surface area contributed by atoms with Gasteiger partial charge in [-0.2, -0.15) is 8.42 Å². The second kappa shape index (κ2) is 9.42. The lowest BCUT2D eigenvalue weighted by atomic mass is 9.99. The molecule has 2 rings (SSSR count). The van der Waals surface area contributed by atoms with Crippen molar-refractivity contribution in [2.45, 2.75) is 45.5 Å². The molecular formula is C16H24I2O6S2. The Morgan fingerprint density at radius 2 is 1.92 bits per heavy atom. The molecule has 2 heterocycles. The molecule has 0 saturated carbocycles. The van der Waals surface area contributed by atoms with Crippen LogP contribution in [0.5, 0.6) is 11.5 Å². The molecule has 0 radical (unpaired) electrons. The van der Waals surface area contributed by atoms with E-state index in [0.717, 1.165) is 17.3 Å². The monoisotopic (exact) mass is 630 g/mol. The van der Waals surface area contributed by atoms with Gasteiger partial charge < -0.3 is 14.2 Å². The first-order valence-electron chi connectivity index (χ1n) is 8.23. The van der Waals surface area contributed by atoms with Crippen molar-refractivity contribution in [2.24, 2.45) is 5.41 Å². The maximum absolute atomic E-state index is 12.1. The second-order valence-corrected chi connectivity index (χ2v) is 14.0. The molecule has 150 valence electrons. The lowest BCUT2D eigenvalue weighted by Crippen LogP contribution is -2.34. The molecule has 0 aromatic carbocycles. The van der Waals surface area contributed by atoms with Gasteiger partial charge in [-0.3, -0.25) is 4.18 Å². The van der Waals surface area contributed by atoms with Crippen LogP contribution in [-0.2, 0) is 19.0 Å². The zero-order valence-corrected chi connectivity index (χ0v) is 21.2. The average molecular weight is 630 g/mol. The van der Waals surface area contributed by atoms with Crippen LogP contribution in [0, 0.1) is 11.2 Å². The summed E-state index contributed by atoms with van der Waals surface area (Å²) in [6.45, 7) is 8.73. The zero-order valence-electron chi connectivity index (χ0n) is 15.2. The minimum atomic E-state index is -3.58. The van der Waals surface area contributed by atoms with Gasteiger partial charge in [-0.25, -0.2) is 0 Å². The quantitative estimate of drug-likeness (QED) is 0.243. The van der Waals surface area contributed by atoms with Crippen LogP contribution in [0.4, 0.5) is 0 Å². The molecule has 1 aliphatic rings. The summed E-state index contributed by atoms with van der Waals surface area (Å²) in [4.78, 5) is 0. The van der Waals surface area contributed by atoms with Crippen molar-refractivity contribution < 1.29 is 26.8 Å². The number of fused-ring (bicyclic) bond motifs is 1. The molecule has 10 heteroatoms. The highest BCUT2D eigenvalue weighted by Crippen LogP contribution is 2.45. The van der Waals surface area contributed by atoms with Crippen LogP contribution in [0.3, 0.4) is 0 Å². The first-order chi connectivity index (χ1) is 12.0. The summed E-state index contributed by atoms with van der Waals surface area (Å²) in [6, 6.07) is 0. The van der Waals surface area contributed by atoms with Crippen molar-refractivity contribution in [1.29, 1.82) is 0 Å². The number of ether oxygens (including phenoxy) is 3. The van der Waals surface area contributed by atoms with E-state index in [1.807, 2.05) is 20.8 Å². The highest BCUT2D eigenvalue weighted by atomic mass is 127. The molecule has 0 N–H and O–H groups in total. The lowest BCUT2D eigenvalue weighted by molar-refractivity contribution is 0.00792. The Labute approximate surface area is 186 Å². The molecule has 26 heavy (non-hydrogen) atoms. The Balaban J connectivity index is 1.73. The van der Waals surface area contributed by atoms with Gasteiger partial charge in [0.15, 0.2) is 17.6 Å². The second-order valence-electron chi connectivity index (χ2n) is 7.35. The normalized spacial score (nSPS) is 18.8.